The van der Waals surface area contributed by atoms with Gasteiger partial charge in [0.15, 0.2) is 0 Å². The Morgan fingerprint density at radius 1 is 0.512 bits per heavy atom. The summed E-state index contributed by atoms with van der Waals surface area (Å²) in [7, 11) is 0. The fourth-order valence-electron chi connectivity index (χ4n) is 4.82. The van der Waals surface area contributed by atoms with Gasteiger partial charge in [0.2, 0.25) is 0 Å². The molecule has 6 N–H and O–H groups in total. The molecule has 0 saturated heterocycles. The monoisotopic (exact) mass is 613 g/mol. The molecule has 0 fully saturated rings. The number of nitrogens with two attached hydrogens (primary N) is 2. The van der Waals surface area contributed by atoms with E-state index in [1.165, 1.54) is 122 Å². The van der Waals surface area contributed by atoms with Crippen molar-refractivity contribution in [2.45, 2.75) is 175 Å². The summed E-state index contributed by atoms with van der Waals surface area (Å²) in [5.74, 6) is 0. The highest BCUT2D eigenvalue weighted by molar-refractivity contribution is 4.81. The molecule has 260 valence electrons. The molecule has 6 heteroatoms. The summed E-state index contributed by atoms with van der Waals surface area (Å²) in [5, 5.41) is 6.75. The van der Waals surface area contributed by atoms with Crippen LogP contribution in [0.2, 0.25) is 0 Å². The average molecular weight is 613 g/mol. The standard InChI is InChI=1S/C24H50N2O.C13H30N2O/c1-2-3-4-5-6-7-8-9-10-11-12-13-14-15-16-17-23-27-24-19-22-26-21-18-20-25;1-3-5-6-7-8-12-16-13(4-2)15-11-9-10-14/h9-10,26H,2-8,11-25H2,1H3;13,15H,3-12,14H2,1-2H3. The molecule has 0 spiro atoms. The molecule has 0 bridgehead atoms. The molecule has 6 nitrogen and oxygen atoms in total. The summed E-state index contributed by atoms with van der Waals surface area (Å²) in [6.45, 7) is 14.0. The topological polar surface area (TPSA) is 94.6 Å². The van der Waals surface area contributed by atoms with E-state index >= 15 is 0 Å². The summed E-state index contributed by atoms with van der Waals surface area (Å²) in [4.78, 5) is 0. The Balaban J connectivity index is 0. The lowest BCUT2D eigenvalue weighted by molar-refractivity contribution is 0.0251. The van der Waals surface area contributed by atoms with Crippen molar-refractivity contribution in [2.75, 3.05) is 52.5 Å². The minimum Gasteiger partial charge on any atom is -0.381 e. The molecule has 0 aromatic carbocycles. The summed E-state index contributed by atoms with van der Waals surface area (Å²) in [6, 6.07) is 0. The van der Waals surface area contributed by atoms with Crippen molar-refractivity contribution in [1.82, 2.24) is 10.6 Å². The normalized spacial score (nSPS) is 12.1. The molecule has 1 unspecified atom stereocenters. The van der Waals surface area contributed by atoms with Crippen molar-refractivity contribution in [3.05, 3.63) is 12.2 Å². The highest BCUT2D eigenvalue weighted by Gasteiger charge is 2.04. The zero-order chi connectivity index (χ0) is 31.7. The van der Waals surface area contributed by atoms with E-state index in [0.717, 1.165) is 78.2 Å². The van der Waals surface area contributed by atoms with E-state index in [2.05, 4.69) is 43.6 Å². The number of ether oxygens (including phenoxy) is 2. The predicted octanol–water partition coefficient (Wildman–Crippen LogP) is 9.02. The van der Waals surface area contributed by atoms with Crippen LogP contribution in [-0.4, -0.2) is 58.8 Å². The van der Waals surface area contributed by atoms with Crippen LogP contribution in [-0.2, 0) is 9.47 Å². The molecule has 0 aromatic heterocycles. The van der Waals surface area contributed by atoms with E-state index in [4.69, 9.17) is 20.9 Å². The molecule has 0 aliphatic heterocycles. The van der Waals surface area contributed by atoms with Crippen molar-refractivity contribution < 1.29 is 9.47 Å². The molecule has 0 heterocycles. The molecule has 43 heavy (non-hydrogen) atoms. The van der Waals surface area contributed by atoms with Gasteiger partial charge in [-0.05, 0) is 96.9 Å². The minimum atomic E-state index is 0.220. The highest BCUT2D eigenvalue weighted by atomic mass is 16.5. The van der Waals surface area contributed by atoms with Gasteiger partial charge in [0.1, 0.15) is 6.23 Å². The van der Waals surface area contributed by atoms with Crippen LogP contribution in [0, 0.1) is 0 Å². The van der Waals surface area contributed by atoms with Crippen LogP contribution in [0.1, 0.15) is 168 Å². The molecule has 1 atom stereocenters. The molecule has 0 amide bonds. The van der Waals surface area contributed by atoms with Crippen LogP contribution < -0.4 is 22.1 Å². The summed E-state index contributed by atoms with van der Waals surface area (Å²) >= 11 is 0. The lowest BCUT2D eigenvalue weighted by atomic mass is 10.1. The van der Waals surface area contributed by atoms with Crippen molar-refractivity contribution >= 4 is 0 Å². The van der Waals surface area contributed by atoms with Crippen LogP contribution in [0.15, 0.2) is 12.2 Å². The second kappa shape index (κ2) is 43.6. The fourth-order valence-corrected chi connectivity index (χ4v) is 4.82. The second-order valence-corrected chi connectivity index (χ2v) is 12.1. The van der Waals surface area contributed by atoms with Crippen LogP contribution in [0.3, 0.4) is 0 Å². The van der Waals surface area contributed by atoms with Gasteiger partial charge >= 0.3 is 0 Å². The van der Waals surface area contributed by atoms with Gasteiger partial charge in [0.25, 0.3) is 0 Å². The van der Waals surface area contributed by atoms with Gasteiger partial charge in [-0.25, -0.2) is 0 Å². The van der Waals surface area contributed by atoms with E-state index in [1.54, 1.807) is 0 Å². The van der Waals surface area contributed by atoms with E-state index in [9.17, 15) is 0 Å². The van der Waals surface area contributed by atoms with Gasteiger partial charge in [-0.15, -0.1) is 0 Å². The molecular weight excluding hydrogens is 532 g/mol. The Morgan fingerprint density at radius 3 is 1.53 bits per heavy atom. The fraction of sp³-hybridized carbons (Fsp3) is 0.946. The number of nitrogens with one attached hydrogen (secondary N) is 2. The second-order valence-electron chi connectivity index (χ2n) is 12.1. The molecular formula is C37H80N4O2. The smallest absolute Gasteiger partial charge is 0.107 e. The number of rotatable bonds is 35. The molecule has 0 aliphatic carbocycles. The third-order valence-corrected chi connectivity index (χ3v) is 7.69. The van der Waals surface area contributed by atoms with Crippen molar-refractivity contribution in [1.29, 1.82) is 0 Å². The van der Waals surface area contributed by atoms with Gasteiger partial charge in [-0.2, -0.15) is 0 Å². The maximum absolute atomic E-state index is 5.77. The van der Waals surface area contributed by atoms with Crippen molar-refractivity contribution in [2.24, 2.45) is 11.5 Å². The predicted molar refractivity (Wildman–Crippen MR) is 192 cm³/mol. The first-order chi connectivity index (χ1) is 21.3. The Kier molecular flexibility index (Phi) is 45.3. The minimum absolute atomic E-state index is 0.220. The highest BCUT2D eigenvalue weighted by Crippen LogP contribution is 2.10. The average Bonchev–Trinajstić information content (AvgIpc) is 3.02. The lowest BCUT2D eigenvalue weighted by Crippen LogP contribution is -2.33. The van der Waals surface area contributed by atoms with Crippen LogP contribution >= 0.6 is 0 Å². The van der Waals surface area contributed by atoms with E-state index in [1.807, 2.05) is 0 Å². The number of unbranched alkanes of at least 4 members (excludes halogenated alkanes) is 16. The van der Waals surface area contributed by atoms with Gasteiger partial charge in [0.05, 0.1) is 0 Å². The molecule has 0 saturated carbocycles. The Bertz CT molecular complexity index is 493. The van der Waals surface area contributed by atoms with Gasteiger partial charge < -0.3 is 26.3 Å². The van der Waals surface area contributed by atoms with Crippen LogP contribution in [0.4, 0.5) is 0 Å². The van der Waals surface area contributed by atoms with Gasteiger partial charge in [-0.1, -0.05) is 116 Å². The first-order valence-corrected chi connectivity index (χ1v) is 18.9. The summed E-state index contributed by atoms with van der Waals surface area (Å²) in [6.07, 6.45) is 34.8. The van der Waals surface area contributed by atoms with Crippen molar-refractivity contribution in [3.63, 3.8) is 0 Å². The first-order valence-electron chi connectivity index (χ1n) is 18.9. The lowest BCUT2D eigenvalue weighted by Gasteiger charge is -2.17. The van der Waals surface area contributed by atoms with E-state index in [-0.39, 0.29) is 6.23 Å². The van der Waals surface area contributed by atoms with Gasteiger partial charge in [0, 0.05) is 19.8 Å². The molecule has 0 aromatic rings. The zero-order valence-corrected chi connectivity index (χ0v) is 29.6. The molecule has 0 rings (SSSR count). The van der Waals surface area contributed by atoms with E-state index < -0.39 is 0 Å². The zero-order valence-electron chi connectivity index (χ0n) is 29.6. The Hall–Kier alpha value is -0.500. The van der Waals surface area contributed by atoms with Crippen LogP contribution in [0.5, 0.6) is 0 Å². The Morgan fingerprint density at radius 2 is 0.977 bits per heavy atom. The Labute approximate surface area is 270 Å². The number of hydrogen-bond donors (Lipinski definition) is 4. The number of allylic oxidation sites excluding steroid dienone is 2. The maximum atomic E-state index is 5.77. The molecule has 0 radical (unpaired) electrons. The molecule has 0 aliphatic rings. The quantitative estimate of drug-likeness (QED) is 0.0324. The summed E-state index contributed by atoms with van der Waals surface area (Å²) in [5.41, 5.74) is 10.9. The largest absolute Gasteiger partial charge is 0.381 e. The van der Waals surface area contributed by atoms with Crippen molar-refractivity contribution in [3.8, 4) is 0 Å². The van der Waals surface area contributed by atoms with Crippen LogP contribution in [0.25, 0.3) is 0 Å². The van der Waals surface area contributed by atoms with Gasteiger partial charge in [-0.3, -0.25) is 5.32 Å². The van der Waals surface area contributed by atoms with E-state index in [0.29, 0.717) is 0 Å². The SMILES string of the molecule is CCCCCCCCC=CCCCCCCCCOCCCNCCCN.CCCCCCCOC(CC)NCCCN. The third kappa shape index (κ3) is 43.7. The summed E-state index contributed by atoms with van der Waals surface area (Å²) < 4.78 is 11.5. The number of hydrogen-bond acceptors (Lipinski definition) is 6. The third-order valence-electron chi connectivity index (χ3n) is 7.69. The maximum Gasteiger partial charge on any atom is 0.107 e. The first kappa shape index (κ1) is 44.6.